The third kappa shape index (κ3) is 9.27. The van der Waals surface area contributed by atoms with Crippen molar-refractivity contribution < 1.29 is 0 Å². The monoisotopic (exact) mass is 306 g/mol. The lowest BCUT2D eigenvalue weighted by Crippen LogP contribution is -2.07. The summed E-state index contributed by atoms with van der Waals surface area (Å²) in [5.74, 6) is 0. The second-order valence-corrected chi connectivity index (χ2v) is 6.78. The Hall–Kier alpha value is -0.790. The second kappa shape index (κ2) is 13.8. The summed E-state index contributed by atoms with van der Waals surface area (Å²) in [7, 11) is 0. The van der Waals surface area contributed by atoms with E-state index < -0.39 is 0 Å². The molecule has 1 unspecified atom stereocenters. The van der Waals surface area contributed by atoms with Crippen LogP contribution < -0.4 is 0 Å². The minimum absolute atomic E-state index is 0.679. The SMILES string of the molecule is CCCCCCCCCCCC(CCCCC)n1ccnc1. The van der Waals surface area contributed by atoms with Crippen molar-refractivity contribution in [2.75, 3.05) is 0 Å². The number of unbranched alkanes of at least 4 members (excludes halogenated alkanes) is 10. The number of hydrogen-bond donors (Lipinski definition) is 0. The first-order chi connectivity index (χ1) is 10.9. The Balaban J connectivity index is 2.08. The molecule has 0 saturated heterocycles. The van der Waals surface area contributed by atoms with Crippen LogP contribution in [0, 0.1) is 0 Å². The van der Waals surface area contributed by atoms with Gasteiger partial charge in [-0.2, -0.15) is 0 Å². The van der Waals surface area contributed by atoms with Crippen LogP contribution >= 0.6 is 0 Å². The van der Waals surface area contributed by atoms with Crippen molar-refractivity contribution in [1.82, 2.24) is 9.55 Å². The fourth-order valence-corrected chi connectivity index (χ4v) is 3.25. The van der Waals surface area contributed by atoms with Gasteiger partial charge in [-0.05, 0) is 12.8 Å². The average Bonchev–Trinajstić information content (AvgIpc) is 3.06. The first-order valence-corrected chi connectivity index (χ1v) is 9.86. The van der Waals surface area contributed by atoms with E-state index in [-0.39, 0.29) is 0 Å². The van der Waals surface area contributed by atoms with E-state index in [4.69, 9.17) is 0 Å². The molecule has 0 aromatic carbocycles. The number of hydrogen-bond acceptors (Lipinski definition) is 1. The Labute approximate surface area is 138 Å². The molecule has 2 nitrogen and oxygen atoms in total. The standard InChI is InChI=1S/C20H38N2/c1-3-5-7-8-9-10-11-12-14-16-20(15-13-6-4-2)22-18-17-21-19-22/h17-20H,3-16H2,1-2H3. The molecule has 1 aromatic heterocycles. The molecule has 0 N–H and O–H groups in total. The molecule has 0 amide bonds. The van der Waals surface area contributed by atoms with Crippen molar-refractivity contribution in [3.63, 3.8) is 0 Å². The molecule has 0 saturated carbocycles. The predicted molar refractivity (Wildman–Crippen MR) is 97.3 cm³/mol. The largest absolute Gasteiger partial charge is 0.334 e. The minimum atomic E-state index is 0.679. The van der Waals surface area contributed by atoms with Crippen LogP contribution in [0.15, 0.2) is 18.7 Å². The molecule has 2 heteroatoms. The summed E-state index contributed by atoms with van der Waals surface area (Å²) >= 11 is 0. The molecule has 0 spiro atoms. The van der Waals surface area contributed by atoms with E-state index in [1.165, 1.54) is 89.9 Å². The van der Waals surface area contributed by atoms with Gasteiger partial charge in [-0.3, -0.25) is 0 Å². The van der Waals surface area contributed by atoms with Crippen molar-refractivity contribution in [2.24, 2.45) is 0 Å². The van der Waals surface area contributed by atoms with Gasteiger partial charge in [-0.1, -0.05) is 90.9 Å². The van der Waals surface area contributed by atoms with Crippen molar-refractivity contribution in [3.8, 4) is 0 Å². The summed E-state index contributed by atoms with van der Waals surface area (Å²) in [5, 5.41) is 0. The smallest absolute Gasteiger partial charge is 0.0948 e. The summed E-state index contributed by atoms with van der Waals surface area (Å²) in [6.45, 7) is 4.57. The lowest BCUT2D eigenvalue weighted by molar-refractivity contribution is 0.396. The van der Waals surface area contributed by atoms with Crippen molar-refractivity contribution in [2.45, 2.75) is 110 Å². The summed E-state index contributed by atoms with van der Waals surface area (Å²) in [4.78, 5) is 4.23. The highest BCUT2D eigenvalue weighted by molar-refractivity contribution is 4.80. The van der Waals surface area contributed by atoms with E-state index in [1.807, 2.05) is 12.5 Å². The number of rotatable bonds is 15. The Morgan fingerprint density at radius 3 is 1.77 bits per heavy atom. The van der Waals surface area contributed by atoms with Gasteiger partial charge in [0, 0.05) is 18.4 Å². The fraction of sp³-hybridized carbons (Fsp3) is 0.850. The van der Waals surface area contributed by atoms with E-state index >= 15 is 0 Å². The van der Waals surface area contributed by atoms with Gasteiger partial charge in [-0.15, -0.1) is 0 Å². The van der Waals surface area contributed by atoms with Crippen LogP contribution in [0.5, 0.6) is 0 Å². The van der Waals surface area contributed by atoms with E-state index in [2.05, 4.69) is 29.6 Å². The van der Waals surface area contributed by atoms with Gasteiger partial charge in [0.1, 0.15) is 0 Å². The molecule has 128 valence electrons. The fourth-order valence-electron chi connectivity index (χ4n) is 3.25. The van der Waals surface area contributed by atoms with Gasteiger partial charge < -0.3 is 4.57 Å². The molecule has 1 atom stereocenters. The summed E-state index contributed by atoms with van der Waals surface area (Å²) < 4.78 is 2.33. The molecule has 0 aliphatic heterocycles. The molecule has 0 aliphatic rings. The van der Waals surface area contributed by atoms with Crippen molar-refractivity contribution in [1.29, 1.82) is 0 Å². The zero-order valence-electron chi connectivity index (χ0n) is 15.1. The summed E-state index contributed by atoms with van der Waals surface area (Å²) in [6, 6.07) is 0.679. The molecule has 0 bridgehead atoms. The Morgan fingerprint density at radius 2 is 1.23 bits per heavy atom. The highest BCUT2D eigenvalue weighted by atomic mass is 15.0. The van der Waals surface area contributed by atoms with E-state index in [0.29, 0.717) is 6.04 Å². The molecule has 0 radical (unpaired) electrons. The Kier molecular flexibility index (Phi) is 12.1. The Bertz CT molecular complexity index is 318. The zero-order valence-corrected chi connectivity index (χ0v) is 15.1. The maximum Gasteiger partial charge on any atom is 0.0948 e. The predicted octanol–water partition coefficient (Wildman–Crippen LogP) is 6.93. The molecule has 1 aromatic rings. The third-order valence-corrected chi connectivity index (χ3v) is 4.73. The van der Waals surface area contributed by atoms with Crippen LogP contribution in [0.25, 0.3) is 0 Å². The molecular formula is C20H38N2. The second-order valence-electron chi connectivity index (χ2n) is 6.78. The van der Waals surface area contributed by atoms with Crippen LogP contribution in [-0.2, 0) is 0 Å². The van der Waals surface area contributed by atoms with E-state index in [9.17, 15) is 0 Å². The maximum atomic E-state index is 4.23. The van der Waals surface area contributed by atoms with Crippen molar-refractivity contribution >= 4 is 0 Å². The van der Waals surface area contributed by atoms with Gasteiger partial charge in [0.05, 0.1) is 6.33 Å². The molecule has 0 aliphatic carbocycles. The minimum Gasteiger partial charge on any atom is -0.334 e. The normalized spacial score (nSPS) is 12.6. The van der Waals surface area contributed by atoms with Gasteiger partial charge in [0.2, 0.25) is 0 Å². The molecule has 1 rings (SSSR count). The van der Waals surface area contributed by atoms with Crippen LogP contribution in [-0.4, -0.2) is 9.55 Å². The molecular weight excluding hydrogens is 268 g/mol. The van der Waals surface area contributed by atoms with Gasteiger partial charge >= 0.3 is 0 Å². The highest BCUT2D eigenvalue weighted by Crippen LogP contribution is 2.23. The van der Waals surface area contributed by atoms with Crippen LogP contribution in [0.3, 0.4) is 0 Å². The van der Waals surface area contributed by atoms with Crippen LogP contribution in [0.1, 0.15) is 110 Å². The topological polar surface area (TPSA) is 17.8 Å². The number of imidazole rings is 1. The summed E-state index contributed by atoms with van der Waals surface area (Å²) in [5.41, 5.74) is 0. The maximum absolute atomic E-state index is 4.23. The van der Waals surface area contributed by atoms with E-state index in [1.54, 1.807) is 0 Å². The number of nitrogens with zero attached hydrogens (tertiary/aromatic N) is 2. The van der Waals surface area contributed by atoms with Crippen molar-refractivity contribution in [3.05, 3.63) is 18.7 Å². The Morgan fingerprint density at radius 1 is 0.727 bits per heavy atom. The lowest BCUT2D eigenvalue weighted by atomic mass is 10.0. The zero-order chi connectivity index (χ0) is 15.9. The molecule has 1 heterocycles. The highest BCUT2D eigenvalue weighted by Gasteiger charge is 2.09. The number of aromatic nitrogens is 2. The summed E-state index contributed by atoms with van der Waals surface area (Å²) in [6.07, 6.45) is 25.5. The molecule has 22 heavy (non-hydrogen) atoms. The van der Waals surface area contributed by atoms with Gasteiger partial charge in [-0.25, -0.2) is 4.98 Å². The lowest BCUT2D eigenvalue weighted by Gasteiger charge is -2.18. The third-order valence-electron chi connectivity index (χ3n) is 4.73. The first-order valence-electron chi connectivity index (χ1n) is 9.86. The quantitative estimate of drug-likeness (QED) is 0.321. The van der Waals surface area contributed by atoms with Gasteiger partial charge in [0.15, 0.2) is 0 Å². The van der Waals surface area contributed by atoms with Crippen LogP contribution in [0.2, 0.25) is 0 Å². The first kappa shape index (κ1) is 19.3. The van der Waals surface area contributed by atoms with E-state index in [0.717, 1.165) is 0 Å². The van der Waals surface area contributed by atoms with Gasteiger partial charge in [0.25, 0.3) is 0 Å². The average molecular weight is 307 g/mol. The van der Waals surface area contributed by atoms with Crippen LogP contribution in [0.4, 0.5) is 0 Å². The molecule has 0 fully saturated rings.